The molecule has 0 bridgehead atoms. The second-order valence-corrected chi connectivity index (χ2v) is 4.16. The number of carbonyl (C=O) groups is 1. The molecule has 1 atom stereocenters. The molecule has 5 heteroatoms. The number of hydrogen-bond donors (Lipinski definition) is 1. The Morgan fingerprint density at radius 1 is 1.18 bits per heavy atom. The zero-order chi connectivity index (χ0) is 12.5. The summed E-state index contributed by atoms with van der Waals surface area (Å²) in [6.07, 6.45) is -3.16. The molecule has 0 spiro atoms. The van der Waals surface area contributed by atoms with Gasteiger partial charge < -0.3 is 5.32 Å². The van der Waals surface area contributed by atoms with E-state index in [1.807, 2.05) is 0 Å². The van der Waals surface area contributed by atoms with Gasteiger partial charge in [-0.25, -0.2) is 0 Å². The van der Waals surface area contributed by atoms with Gasteiger partial charge in [-0.2, -0.15) is 13.2 Å². The number of piperidine rings is 1. The second-order valence-electron chi connectivity index (χ2n) is 4.16. The first-order valence-corrected chi connectivity index (χ1v) is 5.40. The zero-order valence-corrected chi connectivity index (χ0v) is 9.05. The van der Waals surface area contributed by atoms with Crippen LogP contribution < -0.4 is 5.32 Å². The van der Waals surface area contributed by atoms with Crippen molar-refractivity contribution in [3.63, 3.8) is 0 Å². The number of hydrogen-bond acceptors (Lipinski definition) is 1. The van der Waals surface area contributed by atoms with E-state index in [0.29, 0.717) is 19.4 Å². The molecule has 17 heavy (non-hydrogen) atoms. The minimum atomic E-state index is -4.29. The van der Waals surface area contributed by atoms with Crippen LogP contribution in [0.5, 0.6) is 0 Å². The molecule has 1 aromatic rings. The third kappa shape index (κ3) is 2.78. The molecule has 0 unspecified atom stereocenters. The van der Waals surface area contributed by atoms with E-state index >= 15 is 0 Å². The van der Waals surface area contributed by atoms with Gasteiger partial charge in [0.25, 0.3) is 0 Å². The number of rotatable bonds is 1. The zero-order valence-electron chi connectivity index (χ0n) is 9.05. The van der Waals surface area contributed by atoms with E-state index < -0.39 is 11.7 Å². The average molecular weight is 243 g/mol. The van der Waals surface area contributed by atoms with E-state index in [1.54, 1.807) is 0 Å². The summed E-state index contributed by atoms with van der Waals surface area (Å²) in [6, 6.07) is 5.16. The van der Waals surface area contributed by atoms with Crippen molar-refractivity contribution in [1.29, 1.82) is 0 Å². The van der Waals surface area contributed by atoms with Gasteiger partial charge in [0.1, 0.15) is 0 Å². The first-order chi connectivity index (χ1) is 7.97. The Balaban J connectivity index is 2.10. The Morgan fingerprint density at radius 2 is 1.82 bits per heavy atom. The summed E-state index contributed by atoms with van der Waals surface area (Å²) < 4.78 is 37.1. The Morgan fingerprint density at radius 3 is 2.29 bits per heavy atom. The summed E-state index contributed by atoms with van der Waals surface area (Å²) in [7, 11) is 0. The van der Waals surface area contributed by atoms with E-state index in [1.165, 1.54) is 12.1 Å². The highest BCUT2D eigenvalue weighted by Gasteiger charge is 2.30. The highest BCUT2D eigenvalue weighted by atomic mass is 19.4. The Bertz CT molecular complexity index is 401. The monoisotopic (exact) mass is 243 g/mol. The van der Waals surface area contributed by atoms with Crippen LogP contribution >= 0.6 is 0 Å². The number of carbonyl (C=O) groups excluding carboxylic acids is 1. The van der Waals surface area contributed by atoms with Gasteiger partial charge in [0.2, 0.25) is 5.91 Å². The molecule has 0 aromatic heterocycles. The van der Waals surface area contributed by atoms with Crippen molar-refractivity contribution in [3.8, 4) is 0 Å². The van der Waals surface area contributed by atoms with Crippen molar-refractivity contribution < 1.29 is 18.0 Å². The van der Waals surface area contributed by atoms with Crippen LogP contribution in [0.4, 0.5) is 13.2 Å². The van der Waals surface area contributed by atoms with Gasteiger partial charge in [-0.1, -0.05) is 12.1 Å². The lowest BCUT2D eigenvalue weighted by molar-refractivity contribution is -0.137. The molecule has 1 heterocycles. The number of benzene rings is 1. The van der Waals surface area contributed by atoms with Crippen LogP contribution in [0.25, 0.3) is 0 Å². The van der Waals surface area contributed by atoms with Crippen molar-refractivity contribution in [2.45, 2.75) is 24.9 Å². The molecule has 1 fully saturated rings. The number of nitrogens with one attached hydrogen (secondary N) is 1. The molecular weight excluding hydrogens is 231 g/mol. The van der Waals surface area contributed by atoms with Gasteiger partial charge in [0.15, 0.2) is 0 Å². The number of halogens is 3. The molecule has 1 aliphatic heterocycles. The molecule has 1 N–H and O–H groups in total. The first-order valence-electron chi connectivity index (χ1n) is 5.40. The molecule has 92 valence electrons. The van der Waals surface area contributed by atoms with Crippen molar-refractivity contribution in [3.05, 3.63) is 35.4 Å². The molecule has 0 saturated carbocycles. The fourth-order valence-corrected chi connectivity index (χ4v) is 1.96. The van der Waals surface area contributed by atoms with Gasteiger partial charge in [0.05, 0.1) is 5.56 Å². The van der Waals surface area contributed by atoms with Crippen LogP contribution in [0.15, 0.2) is 24.3 Å². The maximum atomic E-state index is 12.4. The van der Waals surface area contributed by atoms with Gasteiger partial charge in [-0.3, -0.25) is 4.79 Å². The molecule has 1 saturated heterocycles. The van der Waals surface area contributed by atoms with E-state index in [9.17, 15) is 18.0 Å². The third-order valence-electron chi connectivity index (χ3n) is 2.97. The van der Waals surface area contributed by atoms with E-state index in [4.69, 9.17) is 0 Å². The van der Waals surface area contributed by atoms with Gasteiger partial charge in [0, 0.05) is 18.9 Å². The van der Waals surface area contributed by atoms with Gasteiger partial charge in [-0.15, -0.1) is 0 Å². The Hall–Kier alpha value is -1.52. The van der Waals surface area contributed by atoms with Gasteiger partial charge >= 0.3 is 6.18 Å². The predicted octanol–water partition coefficient (Wildman–Crippen LogP) is 2.70. The second kappa shape index (κ2) is 4.39. The lowest BCUT2D eigenvalue weighted by Gasteiger charge is -2.23. The van der Waals surface area contributed by atoms with Crippen molar-refractivity contribution in [1.82, 2.24) is 5.32 Å². The van der Waals surface area contributed by atoms with Crippen LogP contribution in [-0.2, 0) is 11.0 Å². The fraction of sp³-hybridized carbons (Fsp3) is 0.417. The lowest BCUT2D eigenvalue weighted by Crippen LogP contribution is -2.33. The summed E-state index contributed by atoms with van der Waals surface area (Å²) in [5.74, 6) is 0.128. The molecule has 2 nitrogen and oxygen atoms in total. The molecule has 0 aliphatic carbocycles. The summed E-state index contributed by atoms with van der Waals surface area (Å²) in [5.41, 5.74) is 0.207. The van der Waals surface area contributed by atoms with Crippen molar-refractivity contribution >= 4 is 5.91 Å². The van der Waals surface area contributed by atoms with E-state index in [2.05, 4.69) is 5.32 Å². The fourth-order valence-electron chi connectivity index (χ4n) is 1.96. The minimum Gasteiger partial charge on any atom is -0.355 e. The van der Waals surface area contributed by atoms with E-state index in [0.717, 1.165) is 17.7 Å². The summed E-state index contributed by atoms with van der Waals surface area (Å²) in [6.45, 7) is 0.504. The third-order valence-corrected chi connectivity index (χ3v) is 2.97. The average Bonchev–Trinajstić information content (AvgIpc) is 2.29. The summed E-state index contributed by atoms with van der Waals surface area (Å²) >= 11 is 0. The van der Waals surface area contributed by atoms with Crippen LogP contribution in [-0.4, -0.2) is 12.5 Å². The molecule has 1 aliphatic rings. The predicted molar refractivity (Wildman–Crippen MR) is 56.4 cm³/mol. The maximum Gasteiger partial charge on any atom is 0.416 e. The standard InChI is InChI=1S/C12H12F3NO/c13-12(14,15)10-4-1-8(2-5-10)9-3-6-11(17)16-7-9/h1-2,4-5,9H,3,6-7H2,(H,16,17)/t9-/m0/s1. The molecular formula is C12H12F3NO. The molecule has 2 rings (SSSR count). The smallest absolute Gasteiger partial charge is 0.355 e. The maximum absolute atomic E-state index is 12.4. The molecule has 1 amide bonds. The van der Waals surface area contributed by atoms with Crippen LogP contribution in [0.3, 0.4) is 0 Å². The SMILES string of the molecule is O=C1CC[C@H](c2ccc(C(F)(F)F)cc2)CN1. The normalized spacial score (nSPS) is 21.1. The number of amides is 1. The minimum absolute atomic E-state index is 0.00756. The lowest BCUT2D eigenvalue weighted by atomic mass is 9.91. The van der Waals surface area contributed by atoms with Crippen molar-refractivity contribution in [2.75, 3.05) is 6.54 Å². The summed E-state index contributed by atoms with van der Waals surface area (Å²) in [5, 5.41) is 2.71. The Kier molecular flexibility index (Phi) is 3.09. The van der Waals surface area contributed by atoms with E-state index in [-0.39, 0.29) is 11.8 Å². The highest BCUT2D eigenvalue weighted by Crippen LogP contribution is 2.31. The molecule has 0 radical (unpaired) electrons. The number of alkyl halides is 3. The topological polar surface area (TPSA) is 29.1 Å². The summed E-state index contributed by atoms with van der Waals surface area (Å²) in [4.78, 5) is 11.0. The largest absolute Gasteiger partial charge is 0.416 e. The van der Waals surface area contributed by atoms with Gasteiger partial charge in [-0.05, 0) is 24.1 Å². The van der Waals surface area contributed by atoms with Crippen LogP contribution in [0.1, 0.15) is 29.9 Å². The van der Waals surface area contributed by atoms with Crippen LogP contribution in [0, 0.1) is 0 Å². The first kappa shape index (κ1) is 12.0. The van der Waals surface area contributed by atoms with Crippen molar-refractivity contribution in [2.24, 2.45) is 0 Å². The van der Waals surface area contributed by atoms with Crippen LogP contribution in [0.2, 0.25) is 0 Å². The highest BCUT2D eigenvalue weighted by molar-refractivity contribution is 5.76. The quantitative estimate of drug-likeness (QED) is 0.807. The molecule has 1 aromatic carbocycles. The Labute approximate surface area is 96.8 Å².